The summed E-state index contributed by atoms with van der Waals surface area (Å²) < 4.78 is 0. The van der Waals surface area contributed by atoms with E-state index in [1.165, 1.54) is 5.01 Å². The molecule has 0 aliphatic rings. The first kappa shape index (κ1) is 23.5. The molecule has 6 N–H and O–H groups in total. The number of hydrogen-bond donors (Lipinski definition) is 4. The number of nitriles is 1. The Bertz CT molecular complexity index is 1120. The molecule has 0 spiro atoms. The van der Waals surface area contributed by atoms with Crippen LogP contribution in [-0.2, 0) is 11.2 Å². The topological polar surface area (TPSA) is 133 Å². The first-order valence-corrected chi connectivity index (χ1v) is 10.5. The van der Waals surface area contributed by atoms with Gasteiger partial charge >= 0.3 is 0 Å². The van der Waals surface area contributed by atoms with Gasteiger partial charge in [0.1, 0.15) is 11.9 Å². The summed E-state index contributed by atoms with van der Waals surface area (Å²) >= 11 is 0. The summed E-state index contributed by atoms with van der Waals surface area (Å²) in [7, 11) is 1.67. The number of pyridine rings is 1. The monoisotopic (exact) mass is 441 g/mol. The molecule has 1 amide bonds. The van der Waals surface area contributed by atoms with Crippen molar-refractivity contribution in [1.29, 1.82) is 5.26 Å². The Morgan fingerprint density at radius 3 is 2.48 bits per heavy atom. The minimum Gasteiger partial charge on any atom is -0.397 e. The SMILES string of the molecule is CN(N)/C=C(\N)c1ccc(NC(=O)C(NCCc2ccc(C#N)cc2)c2ccccc2)nc1. The number of amides is 1. The fourth-order valence-electron chi connectivity index (χ4n) is 3.25. The molecule has 3 rings (SSSR count). The Balaban J connectivity index is 1.67. The second-order valence-corrected chi connectivity index (χ2v) is 7.53. The van der Waals surface area contributed by atoms with Crippen molar-refractivity contribution in [2.45, 2.75) is 12.5 Å². The second kappa shape index (κ2) is 11.4. The molecule has 0 bridgehead atoms. The van der Waals surface area contributed by atoms with Gasteiger partial charge in [-0.1, -0.05) is 42.5 Å². The zero-order valence-electron chi connectivity index (χ0n) is 18.4. The molecular weight excluding hydrogens is 414 g/mol. The van der Waals surface area contributed by atoms with Crippen LogP contribution in [0.3, 0.4) is 0 Å². The van der Waals surface area contributed by atoms with E-state index in [1.54, 1.807) is 43.7 Å². The number of anilines is 1. The Kier molecular flexibility index (Phi) is 8.13. The molecule has 33 heavy (non-hydrogen) atoms. The van der Waals surface area contributed by atoms with Gasteiger partial charge in [-0.05, 0) is 41.8 Å². The number of rotatable bonds is 9. The predicted molar refractivity (Wildman–Crippen MR) is 129 cm³/mol. The van der Waals surface area contributed by atoms with Crippen LogP contribution in [0.2, 0.25) is 0 Å². The molecule has 0 radical (unpaired) electrons. The van der Waals surface area contributed by atoms with Crippen LogP contribution in [-0.4, -0.2) is 29.5 Å². The lowest BCUT2D eigenvalue weighted by atomic mass is 10.1. The molecule has 1 unspecified atom stereocenters. The van der Waals surface area contributed by atoms with Crippen LogP contribution in [0, 0.1) is 11.3 Å². The number of carbonyl (C=O) groups excluding carboxylic acids is 1. The average molecular weight is 442 g/mol. The molecule has 2 aromatic carbocycles. The minimum atomic E-state index is -0.554. The summed E-state index contributed by atoms with van der Waals surface area (Å²) in [6, 6.07) is 22.0. The van der Waals surface area contributed by atoms with E-state index in [1.807, 2.05) is 42.5 Å². The van der Waals surface area contributed by atoms with Gasteiger partial charge in [-0.25, -0.2) is 10.8 Å². The molecule has 3 aromatic rings. The van der Waals surface area contributed by atoms with E-state index in [9.17, 15) is 4.79 Å². The Morgan fingerprint density at radius 2 is 1.88 bits per heavy atom. The van der Waals surface area contributed by atoms with Gasteiger partial charge in [0.15, 0.2) is 0 Å². The molecular formula is C25H27N7O. The van der Waals surface area contributed by atoms with Crippen LogP contribution in [0.5, 0.6) is 0 Å². The summed E-state index contributed by atoms with van der Waals surface area (Å²) in [5.41, 5.74) is 9.70. The van der Waals surface area contributed by atoms with E-state index in [0.29, 0.717) is 29.2 Å². The van der Waals surface area contributed by atoms with Gasteiger partial charge in [-0.3, -0.25) is 4.79 Å². The van der Waals surface area contributed by atoms with Crippen LogP contribution in [0.15, 0.2) is 79.1 Å². The number of nitrogens with two attached hydrogens (primary N) is 2. The highest BCUT2D eigenvalue weighted by molar-refractivity contribution is 5.94. The van der Waals surface area contributed by atoms with Crippen molar-refractivity contribution < 1.29 is 4.79 Å². The molecule has 0 fully saturated rings. The lowest BCUT2D eigenvalue weighted by Gasteiger charge is -2.19. The second-order valence-electron chi connectivity index (χ2n) is 7.53. The number of nitrogens with zero attached hydrogens (tertiary/aromatic N) is 3. The lowest BCUT2D eigenvalue weighted by molar-refractivity contribution is -0.118. The van der Waals surface area contributed by atoms with E-state index >= 15 is 0 Å². The summed E-state index contributed by atoms with van der Waals surface area (Å²) in [6.45, 7) is 0.583. The van der Waals surface area contributed by atoms with Crippen molar-refractivity contribution >= 4 is 17.4 Å². The number of hydrogen-bond acceptors (Lipinski definition) is 7. The first-order chi connectivity index (χ1) is 16.0. The molecule has 1 heterocycles. The number of carbonyl (C=O) groups is 1. The van der Waals surface area contributed by atoms with Gasteiger partial charge in [-0.15, -0.1) is 0 Å². The van der Waals surface area contributed by atoms with Gasteiger partial charge in [0.05, 0.1) is 17.3 Å². The Labute approximate surface area is 193 Å². The van der Waals surface area contributed by atoms with Crippen LogP contribution in [0.1, 0.15) is 28.3 Å². The Morgan fingerprint density at radius 1 is 1.15 bits per heavy atom. The molecule has 0 aliphatic carbocycles. The van der Waals surface area contributed by atoms with Crippen LogP contribution in [0.4, 0.5) is 5.82 Å². The largest absolute Gasteiger partial charge is 0.397 e. The summed E-state index contributed by atoms with van der Waals surface area (Å²) in [5.74, 6) is 5.79. The standard InChI is InChI=1S/C25H27N7O/c1-32(28)17-22(27)21-11-12-23(30-16-21)31-25(33)24(20-5-3-2-4-6-20)29-14-13-18-7-9-19(15-26)10-8-18/h2-12,16-17,24,29H,13-14,27-28H2,1H3,(H,30,31,33)/b22-17-. The molecule has 0 saturated heterocycles. The predicted octanol–water partition coefficient (Wildman–Crippen LogP) is 2.53. The van der Waals surface area contributed by atoms with E-state index in [2.05, 4.69) is 21.7 Å². The van der Waals surface area contributed by atoms with Crippen LogP contribution in [0.25, 0.3) is 5.70 Å². The number of aromatic nitrogens is 1. The fraction of sp³-hybridized carbons (Fsp3) is 0.160. The summed E-state index contributed by atoms with van der Waals surface area (Å²) in [4.78, 5) is 17.4. The van der Waals surface area contributed by atoms with Gasteiger partial charge in [-0.2, -0.15) is 5.26 Å². The first-order valence-electron chi connectivity index (χ1n) is 10.5. The number of nitrogens with one attached hydrogen (secondary N) is 2. The molecule has 8 nitrogen and oxygen atoms in total. The third-order valence-electron chi connectivity index (χ3n) is 4.93. The summed E-state index contributed by atoms with van der Waals surface area (Å²) in [6.07, 6.45) is 3.88. The minimum absolute atomic E-state index is 0.216. The zero-order valence-corrected chi connectivity index (χ0v) is 18.4. The highest BCUT2D eigenvalue weighted by atomic mass is 16.2. The van der Waals surface area contributed by atoms with Crippen molar-refractivity contribution in [2.75, 3.05) is 18.9 Å². The van der Waals surface area contributed by atoms with Gasteiger partial charge < -0.3 is 21.4 Å². The van der Waals surface area contributed by atoms with Gasteiger partial charge in [0.25, 0.3) is 0 Å². The van der Waals surface area contributed by atoms with Gasteiger partial charge in [0.2, 0.25) is 5.91 Å². The third kappa shape index (κ3) is 6.90. The van der Waals surface area contributed by atoms with Crippen molar-refractivity contribution in [3.05, 3.63) is 101 Å². The average Bonchev–Trinajstić information content (AvgIpc) is 2.82. The molecule has 0 saturated carbocycles. The fourth-order valence-corrected chi connectivity index (χ4v) is 3.25. The van der Waals surface area contributed by atoms with E-state index in [0.717, 1.165) is 17.5 Å². The maximum Gasteiger partial charge on any atom is 0.247 e. The van der Waals surface area contributed by atoms with E-state index in [4.69, 9.17) is 16.8 Å². The number of benzene rings is 2. The van der Waals surface area contributed by atoms with Crippen molar-refractivity contribution in [2.24, 2.45) is 11.6 Å². The van der Waals surface area contributed by atoms with Crippen molar-refractivity contribution in [3.63, 3.8) is 0 Å². The van der Waals surface area contributed by atoms with Gasteiger partial charge in [0, 0.05) is 31.6 Å². The van der Waals surface area contributed by atoms with Crippen molar-refractivity contribution in [1.82, 2.24) is 15.3 Å². The lowest BCUT2D eigenvalue weighted by Crippen LogP contribution is -2.34. The maximum absolute atomic E-state index is 13.1. The molecule has 0 aliphatic heterocycles. The molecule has 1 aromatic heterocycles. The quantitative estimate of drug-likeness (QED) is 0.296. The van der Waals surface area contributed by atoms with E-state index < -0.39 is 6.04 Å². The highest BCUT2D eigenvalue weighted by Gasteiger charge is 2.20. The molecule has 1 atom stereocenters. The third-order valence-corrected chi connectivity index (χ3v) is 4.93. The van der Waals surface area contributed by atoms with E-state index in [-0.39, 0.29) is 5.91 Å². The number of hydrazine groups is 1. The maximum atomic E-state index is 13.1. The van der Waals surface area contributed by atoms with Crippen molar-refractivity contribution in [3.8, 4) is 6.07 Å². The Hall–Kier alpha value is -4.19. The molecule has 8 heteroatoms. The zero-order chi connectivity index (χ0) is 23.6. The highest BCUT2D eigenvalue weighted by Crippen LogP contribution is 2.17. The van der Waals surface area contributed by atoms with Crippen LogP contribution >= 0.6 is 0 Å². The smallest absolute Gasteiger partial charge is 0.247 e. The normalized spacial score (nSPS) is 12.0. The summed E-state index contributed by atoms with van der Waals surface area (Å²) in [5, 5.41) is 16.5. The molecule has 168 valence electrons. The van der Waals surface area contributed by atoms with Crippen LogP contribution < -0.4 is 22.2 Å².